The molecule has 0 unspecified atom stereocenters. The fourth-order valence-electron chi connectivity index (χ4n) is 4.30. The van der Waals surface area contributed by atoms with Crippen molar-refractivity contribution in [1.82, 2.24) is 10.0 Å². The minimum absolute atomic E-state index is 0.0180. The molecule has 0 saturated heterocycles. The lowest BCUT2D eigenvalue weighted by atomic mass is 10.1. The van der Waals surface area contributed by atoms with Gasteiger partial charge in [-0.15, -0.1) is 0 Å². The van der Waals surface area contributed by atoms with E-state index in [-0.39, 0.29) is 36.4 Å². The van der Waals surface area contributed by atoms with Crippen LogP contribution in [0.5, 0.6) is 11.5 Å². The normalized spacial score (nSPS) is 14.4. The number of anilines is 1. The molecule has 1 aliphatic rings. The fourth-order valence-corrected chi connectivity index (χ4v) is 5.32. The van der Waals surface area contributed by atoms with E-state index < -0.39 is 16.1 Å². The van der Waals surface area contributed by atoms with E-state index in [0.717, 1.165) is 11.1 Å². The molecule has 210 valence electrons. The summed E-state index contributed by atoms with van der Waals surface area (Å²) in [6, 6.07) is 31.6. The third-order valence-corrected chi connectivity index (χ3v) is 7.90. The Kier molecular flexibility index (Phi) is 8.61. The minimum atomic E-state index is -3.73. The first-order chi connectivity index (χ1) is 19.9. The lowest BCUT2D eigenvalue weighted by Gasteiger charge is -2.34. The number of carbonyl (C=O) groups is 2. The molecule has 9 nitrogen and oxygen atoms in total. The van der Waals surface area contributed by atoms with Crippen molar-refractivity contribution >= 4 is 27.5 Å². The van der Waals surface area contributed by atoms with Crippen molar-refractivity contribution in [2.45, 2.75) is 24.1 Å². The van der Waals surface area contributed by atoms with E-state index in [1.807, 2.05) is 60.7 Å². The van der Waals surface area contributed by atoms with E-state index in [4.69, 9.17) is 9.47 Å². The SMILES string of the molecule is O=C(NCc1ccccc1)[C@@H]1CN(C(=O)COc2ccc(S(=O)(=O)NCc3ccccc3)cc2)c2ccccc2O1. The maximum atomic E-state index is 13.2. The van der Waals surface area contributed by atoms with E-state index in [9.17, 15) is 18.0 Å². The van der Waals surface area contributed by atoms with Gasteiger partial charge in [0.25, 0.3) is 11.8 Å². The molecular formula is C31H29N3O6S. The molecule has 0 spiro atoms. The van der Waals surface area contributed by atoms with Crippen LogP contribution >= 0.6 is 0 Å². The minimum Gasteiger partial charge on any atom is -0.484 e. The van der Waals surface area contributed by atoms with Gasteiger partial charge in [-0.2, -0.15) is 0 Å². The highest BCUT2D eigenvalue weighted by atomic mass is 32.2. The predicted octanol–water partition coefficient (Wildman–Crippen LogP) is 3.65. The number of sulfonamides is 1. The maximum absolute atomic E-state index is 13.2. The van der Waals surface area contributed by atoms with Crippen LogP contribution in [0.4, 0.5) is 5.69 Å². The molecular weight excluding hydrogens is 542 g/mol. The molecule has 1 aliphatic heterocycles. The van der Waals surface area contributed by atoms with Gasteiger partial charge in [-0.25, -0.2) is 13.1 Å². The third-order valence-electron chi connectivity index (χ3n) is 6.48. The molecule has 1 heterocycles. The van der Waals surface area contributed by atoms with E-state index >= 15 is 0 Å². The van der Waals surface area contributed by atoms with Gasteiger partial charge in [0.05, 0.1) is 17.1 Å². The smallest absolute Gasteiger partial charge is 0.265 e. The highest BCUT2D eigenvalue weighted by Gasteiger charge is 2.33. The van der Waals surface area contributed by atoms with Crippen LogP contribution in [0.3, 0.4) is 0 Å². The first-order valence-corrected chi connectivity index (χ1v) is 14.5. The van der Waals surface area contributed by atoms with E-state index in [1.54, 1.807) is 24.3 Å². The summed E-state index contributed by atoms with van der Waals surface area (Å²) in [6.45, 7) is 0.211. The lowest BCUT2D eigenvalue weighted by Crippen LogP contribution is -2.51. The van der Waals surface area contributed by atoms with Crippen molar-refractivity contribution < 1.29 is 27.5 Å². The second-order valence-corrected chi connectivity index (χ2v) is 11.1. The highest BCUT2D eigenvalue weighted by molar-refractivity contribution is 7.89. The Morgan fingerprint density at radius 1 is 0.805 bits per heavy atom. The number of carbonyl (C=O) groups excluding carboxylic acids is 2. The fraction of sp³-hybridized carbons (Fsp3) is 0.161. The van der Waals surface area contributed by atoms with Crippen LogP contribution in [0.25, 0.3) is 0 Å². The van der Waals surface area contributed by atoms with Gasteiger partial charge in [0.15, 0.2) is 12.7 Å². The standard InChI is InChI=1S/C31H29N3O6S/c35-30(22-39-25-15-17-26(18-16-25)41(37,38)33-20-24-11-5-2-6-12-24)34-21-29(40-28-14-8-7-13-27(28)34)31(36)32-19-23-9-3-1-4-10-23/h1-18,29,33H,19-22H2,(H,32,36)/t29-/m0/s1. The zero-order chi connectivity index (χ0) is 28.7. The number of amides is 2. The van der Waals surface area contributed by atoms with Crippen LogP contribution in [0, 0.1) is 0 Å². The molecule has 4 aromatic carbocycles. The molecule has 4 aromatic rings. The molecule has 0 aliphatic carbocycles. The van der Waals surface area contributed by atoms with Gasteiger partial charge in [-0.3, -0.25) is 9.59 Å². The Morgan fingerprint density at radius 2 is 1.41 bits per heavy atom. The summed E-state index contributed by atoms with van der Waals surface area (Å²) in [4.78, 5) is 27.7. The molecule has 0 radical (unpaired) electrons. The Balaban J connectivity index is 1.19. The average molecular weight is 572 g/mol. The topological polar surface area (TPSA) is 114 Å². The van der Waals surface area contributed by atoms with Gasteiger partial charge < -0.3 is 19.7 Å². The van der Waals surface area contributed by atoms with Crippen molar-refractivity contribution in [2.24, 2.45) is 0 Å². The first kappa shape index (κ1) is 27.9. The number of nitrogens with one attached hydrogen (secondary N) is 2. The van der Waals surface area contributed by atoms with Gasteiger partial charge in [0, 0.05) is 13.1 Å². The molecule has 2 amide bonds. The van der Waals surface area contributed by atoms with Crippen LogP contribution in [-0.2, 0) is 32.7 Å². The quantitative estimate of drug-likeness (QED) is 0.300. The zero-order valence-electron chi connectivity index (χ0n) is 22.1. The Labute approximate surface area is 238 Å². The van der Waals surface area contributed by atoms with Crippen molar-refractivity contribution in [3.8, 4) is 11.5 Å². The monoisotopic (exact) mass is 571 g/mol. The summed E-state index contributed by atoms with van der Waals surface area (Å²) in [6.07, 6.45) is -0.898. The summed E-state index contributed by atoms with van der Waals surface area (Å²) < 4.78 is 39.5. The van der Waals surface area contributed by atoms with E-state index in [2.05, 4.69) is 10.0 Å². The van der Waals surface area contributed by atoms with Crippen molar-refractivity contribution in [2.75, 3.05) is 18.1 Å². The van der Waals surface area contributed by atoms with Gasteiger partial charge >= 0.3 is 0 Å². The highest BCUT2D eigenvalue weighted by Crippen LogP contribution is 2.33. The van der Waals surface area contributed by atoms with E-state index in [0.29, 0.717) is 23.7 Å². The average Bonchev–Trinajstić information content (AvgIpc) is 3.02. The summed E-state index contributed by atoms with van der Waals surface area (Å²) in [7, 11) is -3.73. The molecule has 0 bridgehead atoms. The molecule has 2 N–H and O–H groups in total. The molecule has 10 heteroatoms. The van der Waals surface area contributed by atoms with Crippen LogP contribution in [0.1, 0.15) is 11.1 Å². The van der Waals surface area contributed by atoms with Crippen LogP contribution in [0.2, 0.25) is 0 Å². The second-order valence-electron chi connectivity index (χ2n) is 9.35. The number of benzene rings is 4. The van der Waals surface area contributed by atoms with Crippen LogP contribution in [-0.4, -0.2) is 39.5 Å². The first-order valence-electron chi connectivity index (χ1n) is 13.0. The van der Waals surface area contributed by atoms with Crippen LogP contribution < -0.4 is 24.4 Å². The summed E-state index contributed by atoms with van der Waals surface area (Å²) in [5.74, 6) is 0.0474. The Bertz CT molecular complexity index is 1600. The summed E-state index contributed by atoms with van der Waals surface area (Å²) in [5, 5.41) is 2.87. The Hall–Kier alpha value is -4.67. The largest absolute Gasteiger partial charge is 0.484 e. The number of hydrogen-bond acceptors (Lipinski definition) is 6. The maximum Gasteiger partial charge on any atom is 0.265 e. The van der Waals surface area contributed by atoms with Crippen molar-refractivity contribution in [1.29, 1.82) is 0 Å². The number of ether oxygens (including phenoxy) is 2. The molecule has 0 saturated carbocycles. The van der Waals surface area contributed by atoms with Crippen molar-refractivity contribution in [3.05, 3.63) is 120 Å². The number of fused-ring (bicyclic) bond motifs is 1. The molecule has 41 heavy (non-hydrogen) atoms. The van der Waals surface area contributed by atoms with Gasteiger partial charge in [0.2, 0.25) is 10.0 Å². The van der Waals surface area contributed by atoms with Crippen LogP contribution in [0.15, 0.2) is 114 Å². The van der Waals surface area contributed by atoms with Gasteiger partial charge in [-0.05, 0) is 47.5 Å². The van der Waals surface area contributed by atoms with E-state index in [1.165, 1.54) is 29.2 Å². The predicted molar refractivity (Wildman–Crippen MR) is 154 cm³/mol. The summed E-state index contributed by atoms with van der Waals surface area (Å²) >= 11 is 0. The Morgan fingerprint density at radius 3 is 2.10 bits per heavy atom. The lowest BCUT2D eigenvalue weighted by molar-refractivity contribution is -0.128. The number of rotatable bonds is 10. The molecule has 1 atom stereocenters. The number of para-hydroxylation sites is 2. The molecule has 0 fully saturated rings. The molecule has 5 rings (SSSR count). The van der Waals surface area contributed by atoms with Gasteiger partial charge in [0.1, 0.15) is 11.5 Å². The number of nitrogens with zero attached hydrogens (tertiary/aromatic N) is 1. The second kappa shape index (κ2) is 12.7. The summed E-state index contributed by atoms with van der Waals surface area (Å²) in [5.41, 5.74) is 2.33. The van der Waals surface area contributed by atoms with Crippen molar-refractivity contribution in [3.63, 3.8) is 0 Å². The zero-order valence-corrected chi connectivity index (χ0v) is 22.9. The number of hydrogen-bond donors (Lipinski definition) is 2. The molecule has 0 aromatic heterocycles. The third kappa shape index (κ3) is 7.10. The van der Waals surface area contributed by atoms with Gasteiger partial charge in [-0.1, -0.05) is 72.8 Å².